The summed E-state index contributed by atoms with van der Waals surface area (Å²) in [6.07, 6.45) is 4.48. The molecule has 1 N–H and O–H groups in total. The van der Waals surface area contributed by atoms with E-state index in [-0.39, 0.29) is 11.7 Å². The number of piperidine rings is 2. The van der Waals surface area contributed by atoms with Crippen LogP contribution < -0.4 is 5.32 Å². The summed E-state index contributed by atoms with van der Waals surface area (Å²) in [5.41, 5.74) is 0.990. The predicted molar refractivity (Wildman–Crippen MR) is 89.9 cm³/mol. The maximum atomic E-state index is 13.0. The Morgan fingerprint density at radius 1 is 1.13 bits per heavy atom. The lowest BCUT2D eigenvalue weighted by Crippen LogP contribution is -2.51. The minimum Gasteiger partial charge on any atom is -0.381 e. The van der Waals surface area contributed by atoms with Gasteiger partial charge in [-0.15, -0.1) is 0 Å². The number of amides is 1. The average molecular weight is 319 g/mol. The number of halogens is 1. The fraction of sp³-hybridized carbons (Fsp3) is 0.611. The monoisotopic (exact) mass is 319 g/mol. The van der Waals surface area contributed by atoms with Gasteiger partial charge in [0.2, 0.25) is 5.91 Å². The van der Waals surface area contributed by atoms with E-state index in [0.717, 1.165) is 51.1 Å². The predicted octanol–water partition coefficient (Wildman–Crippen LogP) is 2.71. The maximum Gasteiger partial charge on any atom is 0.219 e. The van der Waals surface area contributed by atoms with E-state index in [2.05, 4.69) is 10.2 Å². The molecule has 0 spiro atoms. The second kappa shape index (κ2) is 7.30. The van der Waals surface area contributed by atoms with E-state index in [1.165, 1.54) is 18.6 Å². The van der Waals surface area contributed by atoms with Gasteiger partial charge in [0.15, 0.2) is 0 Å². The van der Waals surface area contributed by atoms with Crippen molar-refractivity contribution in [3.8, 4) is 0 Å². The first kappa shape index (κ1) is 16.2. The molecule has 23 heavy (non-hydrogen) atoms. The molecule has 0 aromatic heterocycles. The number of carbonyl (C=O) groups is 1. The number of rotatable bonds is 3. The van der Waals surface area contributed by atoms with E-state index in [0.29, 0.717) is 12.1 Å². The van der Waals surface area contributed by atoms with Crippen molar-refractivity contribution in [2.24, 2.45) is 0 Å². The first-order chi connectivity index (χ1) is 11.1. The molecule has 2 heterocycles. The van der Waals surface area contributed by atoms with Crippen LogP contribution in [-0.2, 0) is 4.79 Å². The topological polar surface area (TPSA) is 35.6 Å². The molecule has 1 aromatic rings. The molecular formula is C18H26FN3O. The average Bonchev–Trinajstić information content (AvgIpc) is 2.57. The van der Waals surface area contributed by atoms with Gasteiger partial charge in [-0.1, -0.05) is 0 Å². The van der Waals surface area contributed by atoms with Crippen LogP contribution in [-0.4, -0.2) is 54.0 Å². The van der Waals surface area contributed by atoms with Crippen LogP contribution in [0.4, 0.5) is 10.1 Å². The van der Waals surface area contributed by atoms with Gasteiger partial charge in [-0.25, -0.2) is 4.39 Å². The van der Waals surface area contributed by atoms with Gasteiger partial charge in [0.05, 0.1) is 0 Å². The number of nitrogens with zero attached hydrogens (tertiary/aromatic N) is 2. The van der Waals surface area contributed by atoms with Gasteiger partial charge in [-0.3, -0.25) is 9.69 Å². The number of nitrogens with one attached hydrogen (secondary N) is 1. The highest BCUT2D eigenvalue weighted by molar-refractivity contribution is 5.73. The van der Waals surface area contributed by atoms with E-state index in [1.807, 2.05) is 4.90 Å². The van der Waals surface area contributed by atoms with E-state index < -0.39 is 0 Å². The molecule has 1 amide bonds. The van der Waals surface area contributed by atoms with Crippen molar-refractivity contribution in [1.82, 2.24) is 9.80 Å². The van der Waals surface area contributed by atoms with Crippen molar-refractivity contribution in [3.05, 3.63) is 30.1 Å². The number of anilines is 1. The molecule has 126 valence electrons. The van der Waals surface area contributed by atoms with Gasteiger partial charge >= 0.3 is 0 Å². The number of likely N-dealkylation sites (tertiary alicyclic amines) is 2. The van der Waals surface area contributed by atoms with Crippen LogP contribution in [0.3, 0.4) is 0 Å². The summed E-state index contributed by atoms with van der Waals surface area (Å²) >= 11 is 0. The van der Waals surface area contributed by atoms with Crippen molar-refractivity contribution in [1.29, 1.82) is 0 Å². The normalized spacial score (nSPS) is 23.7. The van der Waals surface area contributed by atoms with Gasteiger partial charge in [-0.2, -0.15) is 0 Å². The summed E-state index contributed by atoms with van der Waals surface area (Å²) in [6, 6.07) is 7.61. The summed E-state index contributed by atoms with van der Waals surface area (Å²) in [5.74, 6) is -0.00370. The molecule has 1 aromatic carbocycles. The van der Waals surface area contributed by atoms with Crippen LogP contribution in [0, 0.1) is 5.82 Å². The van der Waals surface area contributed by atoms with E-state index in [1.54, 1.807) is 19.1 Å². The molecule has 3 rings (SSSR count). The third kappa shape index (κ3) is 4.22. The Kier molecular flexibility index (Phi) is 5.16. The van der Waals surface area contributed by atoms with Crippen LogP contribution in [0.5, 0.6) is 0 Å². The molecule has 0 bridgehead atoms. The lowest BCUT2D eigenvalue weighted by atomic mass is 9.97. The highest BCUT2D eigenvalue weighted by atomic mass is 19.1. The summed E-state index contributed by atoms with van der Waals surface area (Å²) in [6.45, 7) is 5.59. The van der Waals surface area contributed by atoms with Crippen molar-refractivity contribution in [3.63, 3.8) is 0 Å². The first-order valence-electron chi connectivity index (χ1n) is 8.63. The molecule has 2 fully saturated rings. The zero-order chi connectivity index (χ0) is 16.2. The zero-order valence-corrected chi connectivity index (χ0v) is 13.8. The molecule has 5 heteroatoms. The Morgan fingerprint density at radius 3 is 2.48 bits per heavy atom. The van der Waals surface area contributed by atoms with Crippen LogP contribution in [0.15, 0.2) is 24.3 Å². The molecule has 2 saturated heterocycles. The number of hydrogen-bond acceptors (Lipinski definition) is 3. The standard InChI is InChI=1S/C18H26FN3O/c1-14(23)21-11-8-18(9-12-21)22-10-2-3-17(13-22)20-16-6-4-15(19)5-7-16/h4-7,17-18,20H,2-3,8-13H2,1H3/t17-/m0/s1. The summed E-state index contributed by atoms with van der Waals surface area (Å²) in [5, 5.41) is 3.53. The first-order valence-corrected chi connectivity index (χ1v) is 8.63. The van der Waals surface area contributed by atoms with E-state index >= 15 is 0 Å². The Morgan fingerprint density at radius 2 is 1.83 bits per heavy atom. The van der Waals surface area contributed by atoms with Gasteiger partial charge in [0, 0.05) is 44.3 Å². The molecule has 0 aliphatic carbocycles. The Bertz CT molecular complexity index is 526. The second-order valence-corrected chi connectivity index (χ2v) is 6.72. The lowest BCUT2D eigenvalue weighted by Gasteiger charge is -2.42. The van der Waals surface area contributed by atoms with Gasteiger partial charge in [-0.05, 0) is 56.5 Å². The Hall–Kier alpha value is -1.62. The summed E-state index contributed by atoms with van der Waals surface area (Å²) < 4.78 is 13.0. The maximum absolute atomic E-state index is 13.0. The van der Waals surface area contributed by atoms with Crippen LogP contribution >= 0.6 is 0 Å². The van der Waals surface area contributed by atoms with Crippen LogP contribution in [0.1, 0.15) is 32.6 Å². The van der Waals surface area contributed by atoms with E-state index in [9.17, 15) is 9.18 Å². The van der Waals surface area contributed by atoms with Crippen molar-refractivity contribution in [2.45, 2.75) is 44.7 Å². The fourth-order valence-electron chi connectivity index (χ4n) is 3.78. The Labute approximate surface area is 137 Å². The van der Waals surface area contributed by atoms with Gasteiger partial charge in [0.25, 0.3) is 0 Å². The molecule has 2 aliphatic heterocycles. The molecular weight excluding hydrogens is 293 g/mol. The molecule has 1 atom stereocenters. The smallest absolute Gasteiger partial charge is 0.219 e. The highest BCUT2D eigenvalue weighted by Gasteiger charge is 2.29. The molecule has 0 saturated carbocycles. The second-order valence-electron chi connectivity index (χ2n) is 6.72. The fourth-order valence-corrected chi connectivity index (χ4v) is 3.78. The number of carbonyl (C=O) groups excluding carboxylic acids is 1. The van der Waals surface area contributed by atoms with Gasteiger partial charge < -0.3 is 10.2 Å². The third-order valence-electron chi connectivity index (χ3n) is 5.09. The van der Waals surface area contributed by atoms with Crippen molar-refractivity contribution < 1.29 is 9.18 Å². The van der Waals surface area contributed by atoms with Crippen molar-refractivity contribution in [2.75, 3.05) is 31.5 Å². The van der Waals surface area contributed by atoms with E-state index in [4.69, 9.17) is 0 Å². The van der Waals surface area contributed by atoms with Crippen LogP contribution in [0.25, 0.3) is 0 Å². The lowest BCUT2D eigenvalue weighted by molar-refractivity contribution is -0.130. The Balaban J connectivity index is 1.52. The number of benzene rings is 1. The summed E-state index contributed by atoms with van der Waals surface area (Å²) in [4.78, 5) is 16.0. The molecule has 0 unspecified atom stereocenters. The zero-order valence-electron chi connectivity index (χ0n) is 13.8. The number of hydrogen-bond donors (Lipinski definition) is 1. The molecule has 2 aliphatic rings. The van der Waals surface area contributed by atoms with Crippen molar-refractivity contribution >= 4 is 11.6 Å². The SMILES string of the molecule is CC(=O)N1CCC(N2CCC[C@H](Nc3ccc(F)cc3)C2)CC1. The largest absolute Gasteiger partial charge is 0.381 e. The molecule has 0 radical (unpaired) electrons. The summed E-state index contributed by atoms with van der Waals surface area (Å²) in [7, 11) is 0. The third-order valence-corrected chi connectivity index (χ3v) is 5.09. The molecule has 4 nitrogen and oxygen atoms in total. The van der Waals surface area contributed by atoms with Crippen LogP contribution in [0.2, 0.25) is 0 Å². The minimum absolute atomic E-state index is 0.193. The van der Waals surface area contributed by atoms with Gasteiger partial charge in [0.1, 0.15) is 5.82 Å². The highest BCUT2D eigenvalue weighted by Crippen LogP contribution is 2.23. The minimum atomic E-state index is -0.196. The quantitative estimate of drug-likeness (QED) is 0.930.